The molecule has 0 bridgehead atoms. The first kappa shape index (κ1) is 11.0. The number of nitrogens with two attached hydrogens (primary N) is 1. The number of benzene rings is 1. The van der Waals surface area contributed by atoms with Crippen molar-refractivity contribution < 1.29 is 8.91 Å². The fraction of sp³-hybridized carbons (Fsp3) is 0.182. The van der Waals surface area contributed by atoms with Crippen molar-refractivity contribution in [2.24, 2.45) is 0 Å². The number of aromatic nitrogens is 1. The molecule has 16 heavy (non-hydrogen) atoms. The van der Waals surface area contributed by atoms with Crippen LogP contribution in [-0.4, -0.2) is 5.16 Å². The van der Waals surface area contributed by atoms with E-state index in [2.05, 4.69) is 5.16 Å². The number of anilines is 1. The van der Waals surface area contributed by atoms with Gasteiger partial charge in [-0.1, -0.05) is 23.7 Å². The molecule has 0 aliphatic rings. The molecule has 5 heteroatoms. The van der Waals surface area contributed by atoms with Gasteiger partial charge in [-0.05, 0) is 24.6 Å². The molecule has 0 fully saturated rings. The first-order valence-corrected chi connectivity index (χ1v) is 5.20. The zero-order valence-electron chi connectivity index (χ0n) is 8.63. The Kier molecular flexibility index (Phi) is 2.83. The van der Waals surface area contributed by atoms with E-state index in [0.29, 0.717) is 23.6 Å². The van der Waals surface area contributed by atoms with E-state index in [4.69, 9.17) is 21.9 Å². The fourth-order valence-electron chi connectivity index (χ4n) is 1.53. The van der Waals surface area contributed by atoms with Gasteiger partial charge in [-0.15, -0.1) is 0 Å². The summed E-state index contributed by atoms with van der Waals surface area (Å²) in [6.45, 7) is 1.94. The normalized spacial score (nSPS) is 10.7. The lowest BCUT2D eigenvalue weighted by atomic mass is 10.1. The van der Waals surface area contributed by atoms with Crippen LogP contribution in [0, 0.1) is 5.82 Å². The third kappa shape index (κ3) is 1.76. The quantitative estimate of drug-likeness (QED) is 0.876. The molecule has 3 nitrogen and oxygen atoms in total. The van der Waals surface area contributed by atoms with E-state index in [1.54, 1.807) is 6.07 Å². The van der Waals surface area contributed by atoms with Gasteiger partial charge < -0.3 is 10.3 Å². The van der Waals surface area contributed by atoms with Gasteiger partial charge in [0.1, 0.15) is 5.82 Å². The number of hydrogen-bond donors (Lipinski definition) is 1. The molecule has 1 aromatic carbocycles. The topological polar surface area (TPSA) is 52.0 Å². The van der Waals surface area contributed by atoms with Crippen LogP contribution >= 0.6 is 11.6 Å². The Morgan fingerprint density at radius 1 is 1.50 bits per heavy atom. The third-order valence-corrected chi connectivity index (χ3v) is 2.64. The van der Waals surface area contributed by atoms with E-state index in [9.17, 15) is 4.39 Å². The van der Waals surface area contributed by atoms with E-state index in [1.807, 2.05) is 6.92 Å². The highest BCUT2D eigenvalue weighted by atomic mass is 35.5. The number of nitrogens with zero attached hydrogens (tertiary/aromatic N) is 1. The summed E-state index contributed by atoms with van der Waals surface area (Å²) in [5.41, 5.74) is 7.13. The average Bonchev–Trinajstić information content (AvgIpc) is 2.63. The predicted molar refractivity (Wildman–Crippen MR) is 60.7 cm³/mol. The lowest BCUT2D eigenvalue weighted by Crippen LogP contribution is -1.91. The van der Waals surface area contributed by atoms with Gasteiger partial charge in [0.05, 0.1) is 5.02 Å². The molecule has 0 spiro atoms. The van der Waals surface area contributed by atoms with Crippen molar-refractivity contribution in [1.82, 2.24) is 5.16 Å². The zero-order valence-corrected chi connectivity index (χ0v) is 9.38. The molecule has 2 rings (SSSR count). The maximum absolute atomic E-state index is 13.0. The number of rotatable bonds is 2. The van der Waals surface area contributed by atoms with E-state index < -0.39 is 5.82 Å². The molecular weight excluding hydrogens is 231 g/mol. The van der Waals surface area contributed by atoms with E-state index in [-0.39, 0.29) is 5.02 Å². The standard InChI is InChI=1S/C11H10ClFN2O/c1-2-7-10(16-15-11(7)14)6-3-4-9(13)8(12)5-6/h3-5H,2H2,1H3,(H2,14,15). The smallest absolute Gasteiger partial charge is 0.172 e. The number of hydrogen-bond acceptors (Lipinski definition) is 3. The van der Waals surface area contributed by atoms with Gasteiger partial charge in [-0.3, -0.25) is 0 Å². The summed E-state index contributed by atoms with van der Waals surface area (Å²) in [5, 5.41) is 3.73. The number of halogens is 2. The summed E-state index contributed by atoms with van der Waals surface area (Å²) >= 11 is 5.70. The molecule has 0 saturated carbocycles. The van der Waals surface area contributed by atoms with Crippen LogP contribution in [-0.2, 0) is 6.42 Å². The molecule has 1 heterocycles. The Hall–Kier alpha value is -1.55. The lowest BCUT2D eigenvalue weighted by molar-refractivity contribution is 0.435. The van der Waals surface area contributed by atoms with Crippen molar-refractivity contribution in [1.29, 1.82) is 0 Å². The molecule has 0 unspecified atom stereocenters. The van der Waals surface area contributed by atoms with Crippen LogP contribution in [0.25, 0.3) is 11.3 Å². The van der Waals surface area contributed by atoms with Crippen molar-refractivity contribution in [3.63, 3.8) is 0 Å². The largest absolute Gasteiger partial charge is 0.381 e. The average molecular weight is 241 g/mol. The monoisotopic (exact) mass is 240 g/mol. The summed E-state index contributed by atoms with van der Waals surface area (Å²) < 4.78 is 18.1. The highest BCUT2D eigenvalue weighted by molar-refractivity contribution is 6.31. The van der Waals surface area contributed by atoms with Crippen LogP contribution in [0.15, 0.2) is 22.7 Å². The van der Waals surface area contributed by atoms with Gasteiger partial charge in [0, 0.05) is 11.1 Å². The first-order valence-electron chi connectivity index (χ1n) is 4.83. The fourth-order valence-corrected chi connectivity index (χ4v) is 1.71. The minimum Gasteiger partial charge on any atom is -0.381 e. The Bertz CT molecular complexity index is 525. The van der Waals surface area contributed by atoms with E-state index >= 15 is 0 Å². The molecule has 0 saturated heterocycles. The molecule has 84 valence electrons. The van der Waals surface area contributed by atoms with Crippen LogP contribution < -0.4 is 5.73 Å². The van der Waals surface area contributed by atoms with E-state index in [0.717, 1.165) is 5.56 Å². The van der Waals surface area contributed by atoms with Crippen LogP contribution in [0.3, 0.4) is 0 Å². The van der Waals surface area contributed by atoms with E-state index in [1.165, 1.54) is 12.1 Å². The van der Waals surface area contributed by atoms with Gasteiger partial charge in [0.2, 0.25) is 0 Å². The van der Waals surface area contributed by atoms with Gasteiger partial charge in [-0.25, -0.2) is 4.39 Å². The van der Waals surface area contributed by atoms with Crippen molar-refractivity contribution in [3.05, 3.63) is 34.6 Å². The highest BCUT2D eigenvalue weighted by Gasteiger charge is 2.14. The maximum atomic E-state index is 13.0. The second-order valence-corrected chi connectivity index (χ2v) is 3.77. The van der Waals surface area contributed by atoms with Crippen LogP contribution in [0.1, 0.15) is 12.5 Å². The minimum absolute atomic E-state index is 0.0505. The third-order valence-electron chi connectivity index (χ3n) is 2.35. The Labute approximate surface area is 97.0 Å². The summed E-state index contributed by atoms with van der Waals surface area (Å²) in [6.07, 6.45) is 0.694. The molecular formula is C11H10ClFN2O. The molecule has 0 aliphatic carbocycles. The van der Waals surface area contributed by atoms with Crippen molar-refractivity contribution in [3.8, 4) is 11.3 Å². The molecule has 0 radical (unpaired) electrons. The molecule has 2 aromatic rings. The van der Waals surface area contributed by atoms with Crippen molar-refractivity contribution in [2.45, 2.75) is 13.3 Å². The second-order valence-electron chi connectivity index (χ2n) is 3.36. The Balaban J connectivity index is 2.54. The van der Waals surface area contributed by atoms with Gasteiger partial charge in [0.25, 0.3) is 0 Å². The molecule has 0 aliphatic heterocycles. The van der Waals surface area contributed by atoms with Crippen LogP contribution in [0.5, 0.6) is 0 Å². The van der Waals surface area contributed by atoms with Gasteiger partial charge in [0.15, 0.2) is 11.6 Å². The first-order chi connectivity index (χ1) is 7.63. The van der Waals surface area contributed by atoms with Crippen LogP contribution in [0.2, 0.25) is 5.02 Å². The van der Waals surface area contributed by atoms with Gasteiger partial charge in [-0.2, -0.15) is 0 Å². The summed E-state index contributed by atoms with van der Waals surface area (Å²) in [6, 6.07) is 4.37. The zero-order chi connectivity index (χ0) is 11.7. The SMILES string of the molecule is CCc1c(N)noc1-c1ccc(F)c(Cl)c1. The van der Waals surface area contributed by atoms with Crippen LogP contribution in [0.4, 0.5) is 10.2 Å². The molecule has 0 amide bonds. The maximum Gasteiger partial charge on any atom is 0.172 e. The summed E-state index contributed by atoms with van der Waals surface area (Å²) in [5.74, 6) is 0.441. The number of nitrogen functional groups attached to an aromatic ring is 1. The molecule has 1 aromatic heterocycles. The second kappa shape index (κ2) is 4.14. The molecule has 0 atom stereocenters. The minimum atomic E-state index is -0.462. The lowest BCUT2D eigenvalue weighted by Gasteiger charge is -2.00. The van der Waals surface area contributed by atoms with Gasteiger partial charge >= 0.3 is 0 Å². The molecule has 2 N–H and O–H groups in total. The van der Waals surface area contributed by atoms with Crippen molar-refractivity contribution >= 4 is 17.4 Å². The Morgan fingerprint density at radius 2 is 2.25 bits per heavy atom. The predicted octanol–water partition coefficient (Wildman–Crippen LogP) is 3.28. The Morgan fingerprint density at radius 3 is 2.88 bits per heavy atom. The summed E-state index contributed by atoms with van der Waals surface area (Å²) in [4.78, 5) is 0. The van der Waals surface area contributed by atoms with Crippen molar-refractivity contribution in [2.75, 3.05) is 5.73 Å². The highest BCUT2D eigenvalue weighted by Crippen LogP contribution is 2.30. The summed E-state index contributed by atoms with van der Waals surface area (Å²) in [7, 11) is 0.